The van der Waals surface area contributed by atoms with E-state index in [1.54, 1.807) is 5.54 Å². The maximum absolute atomic E-state index is 6.05. The molecular weight excluding hydrogens is 217 g/mol. The van der Waals surface area contributed by atoms with Gasteiger partial charge in [0.15, 0.2) is 0 Å². The number of nitrogens with one attached hydrogen (secondary N) is 1. The molecule has 1 saturated carbocycles. The third kappa shape index (κ3) is 3.45. The molecule has 0 unspecified atom stereocenters. The van der Waals surface area contributed by atoms with Crippen LogP contribution in [0.1, 0.15) is 39.0 Å². The summed E-state index contributed by atoms with van der Waals surface area (Å²) in [6.45, 7) is 2.89. The van der Waals surface area contributed by atoms with Crippen molar-refractivity contribution in [3.63, 3.8) is 0 Å². The van der Waals surface area contributed by atoms with Crippen molar-refractivity contribution in [2.75, 3.05) is 12.4 Å². The van der Waals surface area contributed by atoms with Gasteiger partial charge in [0.05, 0.1) is 0 Å². The van der Waals surface area contributed by atoms with Crippen molar-refractivity contribution in [3.8, 4) is 0 Å². The Morgan fingerprint density at radius 1 is 1.36 bits per heavy atom. The molecule has 0 aliphatic heterocycles. The van der Waals surface area contributed by atoms with Crippen LogP contribution in [-0.4, -0.2) is 18.0 Å². The Kier molecular flexibility index (Phi) is 5.29. The van der Waals surface area contributed by atoms with Gasteiger partial charge < -0.3 is 5.32 Å². The molecule has 82 valence electrons. The van der Waals surface area contributed by atoms with Crippen molar-refractivity contribution in [1.82, 2.24) is 5.32 Å². The lowest BCUT2D eigenvalue weighted by molar-refractivity contribution is 0.265. The summed E-state index contributed by atoms with van der Waals surface area (Å²) in [5, 5.41) is 3.55. The molecule has 1 N–H and O–H groups in total. The molecule has 0 saturated heterocycles. The van der Waals surface area contributed by atoms with Crippen LogP contribution in [0.4, 0.5) is 0 Å². The topological polar surface area (TPSA) is 12.0 Å². The first kappa shape index (κ1) is 12.4. The van der Waals surface area contributed by atoms with E-state index in [9.17, 15) is 0 Å². The predicted molar refractivity (Wildman–Crippen MR) is 64.1 cm³/mol. The molecule has 0 heterocycles. The highest BCUT2D eigenvalue weighted by molar-refractivity contribution is 6.25. The molecule has 14 heavy (non-hydrogen) atoms. The molecule has 3 heteroatoms. The maximum atomic E-state index is 6.05. The highest BCUT2D eigenvalue weighted by Crippen LogP contribution is 2.29. The van der Waals surface area contributed by atoms with E-state index in [1.807, 2.05) is 6.92 Å². The van der Waals surface area contributed by atoms with Crippen LogP contribution in [0.2, 0.25) is 0 Å². The van der Waals surface area contributed by atoms with Crippen LogP contribution in [-0.2, 0) is 0 Å². The van der Waals surface area contributed by atoms with Gasteiger partial charge in [0.2, 0.25) is 0 Å². The largest absolute Gasteiger partial charge is 0.306 e. The van der Waals surface area contributed by atoms with Crippen LogP contribution in [0.25, 0.3) is 0 Å². The van der Waals surface area contributed by atoms with E-state index < -0.39 is 0 Å². The lowest BCUT2D eigenvalue weighted by Crippen LogP contribution is -2.49. The van der Waals surface area contributed by atoms with Gasteiger partial charge in [-0.15, -0.1) is 11.6 Å². The van der Waals surface area contributed by atoms with E-state index in [1.165, 1.54) is 37.7 Å². The Balaban J connectivity index is 2.44. The van der Waals surface area contributed by atoms with Gasteiger partial charge in [0.1, 0.15) is 0 Å². The SMILES string of the molecule is CC(=CCl)CNC1(CCl)CCCCC1. The first-order valence-corrected chi connectivity index (χ1v) is 6.26. The molecule has 0 bridgehead atoms. The minimum Gasteiger partial charge on any atom is -0.306 e. The van der Waals surface area contributed by atoms with Crippen molar-refractivity contribution in [3.05, 3.63) is 11.1 Å². The molecule has 0 spiro atoms. The van der Waals surface area contributed by atoms with Crippen LogP contribution in [0, 0.1) is 0 Å². The van der Waals surface area contributed by atoms with Crippen molar-refractivity contribution >= 4 is 23.2 Å². The smallest absolute Gasteiger partial charge is 0.0406 e. The van der Waals surface area contributed by atoms with E-state index in [0.29, 0.717) is 5.88 Å². The van der Waals surface area contributed by atoms with Crippen molar-refractivity contribution in [1.29, 1.82) is 0 Å². The summed E-state index contributed by atoms with van der Waals surface area (Å²) in [6, 6.07) is 0. The average Bonchev–Trinajstić information content (AvgIpc) is 2.27. The van der Waals surface area contributed by atoms with Crippen molar-refractivity contribution < 1.29 is 0 Å². The predicted octanol–water partition coefficient (Wildman–Crippen LogP) is 3.66. The standard InChI is InChI=1S/C11H19Cl2N/c1-10(7-12)8-14-11(9-13)5-3-2-4-6-11/h7,14H,2-6,8-9H2,1H3. The summed E-state index contributed by atoms with van der Waals surface area (Å²) in [7, 11) is 0. The molecule has 0 aromatic rings. The Labute approximate surface area is 96.8 Å². The average molecular weight is 236 g/mol. The lowest BCUT2D eigenvalue weighted by atomic mass is 9.83. The van der Waals surface area contributed by atoms with Gasteiger partial charge in [-0.05, 0) is 25.3 Å². The Morgan fingerprint density at radius 2 is 2.00 bits per heavy atom. The highest BCUT2D eigenvalue weighted by atomic mass is 35.5. The van der Waals surface area contributed by atoms with Gasteiger partial charge in [0, 0.05) is 23.5 Å². The summed E-state index contributed by atoms with van der Waals surface area (Å²) < 4.78 is 0. The molecule has 0 radical (unpaired) electrons. The van der Waals surface area contributed by atoms with E-state index in [2.05, 4.69) is 5.32 Å². The fourth-order valence-corrected chi connectivity index (χ4v) is 2.39. The number of halogens is 2. The fourth-order valence-electron chi connectivity index (χ4n) is 1.95. The Morgan fingerprint density at radius 3 is 2.50 bits per heavy atom. The summed E-state index contributed by atoms with van der Waals surface area (Å²) in [4.78, 5) is 0. The minimum absolute atomic E-state index is 0.168. The molecule has 0 aromatic carbocycles. The molecule has 0 atom stereocenters. The van der Waals surface area contributed by atoms with Gasteiger partial charge in [-0.3, -0.25) is 0 Å². The lowest BCUT2D eigenvalue weighted by Gasteiger charge is -2.36. The maximum Gasteiger partial charge on any atom is 0.0406 e. The van der Waals surface area contributed by atoms with Gasteiger partial charge in [-0.2, -0.15) is 0 Å². The molecule has 1 fully saturated rings. The number of alkyl halides is 1. The van der Waals surface area contributed by atoms with Gasteiger partial charge in [-0.25, -0.2) is 0 Å². The van der Waals surface area contributed by atoms with Crippen LogP contribution >= 0.6 is 23.2 Å². The first-order chi connectivity index (χ1) is 6.72. The Hall–Kier alpha value is 0.280. The molecule has 1 nitrogen and oxygen atoms in total. The minimum atomic E-state index is 0.168. The first-order valence-electron chi connectivity index (χ1n) is 5.29. The van der Waals surface area contributed by atoms with E-state index in [-0.39, 0.29) is 5.54 Å². The second kappa shape index (κ2) is 5.99. The van der Waals surface area contributed by atoms with Gasteiger partial charge >= 0.3 is 0 Å². The highest BCUT2D eigenvalue weighted by Gasteiger charge is 2.30. The Bertz CT molecular complexity index is 195. The molecule has 0 aromatic heterocycles. The zero-order valence-corrected chi connectivity index (χ0v) is 10.3. The van der Waals surface area contributed by atoms with E-state index in [4.69, 9.17) is 23.2 Å². The summed E-state index contributed by atoms with van der Waals surface area (Å²) in [6.07, 6.45) is 6.34. The van der Waals surface area contributed by atoms with Crippen LogP contribution in [0.15, 0.2) is 11.1 Å². The second-order valence-corrected chi connectivity index (χ2v) is 4.77. The van der Waals surface area contributed by atoms with Crippen LogP contribution < -0.4 is 5.32 Å². The fraction of sp³-hybridized carbons (Fsp3) is 0.818. The van der Waals surface area contributed by atoms with Gasteiger partial charge in [0.25, 0.3) is 0 Å². The summed E-state index contributed by atoms with van der Waals surface area (Å²) in [5.74, 6) is 0.711. The van der Waals surface area contributed by atoms with Crippen LogP contribution in [0.5, 0.6) is 0 Å². The molecular formula is C11H19Cl2N. The van der Waals surface area contributed by atoms with E-state index in [0.717, 1.165) is 6.54 Å². The van der Waals surface area contributed by atoms with Gasteiger partial charge in [-0.1, -0.05) is 30.9 Å². The molecule has 1 aliphatic carbocycles. The zero-order valence-electron chi connectivity index (χ0n) is 8.78. The molecule has 1 rings (SSSR count). The van der Waals surface area contributed by atoms with Crippen LogP contribution in [0.3, 0.4) is 0 Å². The monoisotopic (exact) mass is 235 g/mol. The molecule has 1 aliphatic rings. The summed E-state index contributed by atoms with van der Waals surface area (Å²) in [5.41, 5.74) is 2.97. The molecule has 0 amide bonds. The number of hydrogen-bond acceptors (Lipinski definition) is 1. The number of rotatable bonds is 4. The third-order valence-corrected chi connectivity index (χ3v) is 3.88. The van der Waals surface area contributed by atoms with Crippen molar-refractivity contribution in [2.24, 2.45) is 0 Å². The van der Waals surface area contributed by atoms with Crippen molar-refractivity contribution in [2.45, 2.75) is 44.6 Å². The van der Waals surface area contributed by atoms with E-state index >= 15 is 0 Å². The normalized spacial score (nSPS) is 22.4. The number of hydrogen-bond donors (Lipinski definition) is 1. The third-order valence-electron chi connectivity index (χ3n) is 2.99. The zero-order chi connectivity index (χ0) is 10.4. The second-order valence-electron chi connectivity index (χ2n) is 4.28. The summed E-state index contributed by atoms with van der Waals surface area (Å²) >= 11 is 11.7. The quantitative estimate of drug-likeness (QED) is 0.734.